The van der Waals surface area contributed by atoms with Crippen molar-refractivity contribution in [2.24, 2.45) is 0 Å². The van der Waals surface area contributed by atoms with Crippen LogP contribution in [0.15, 0.2) is 52.9 Å². The number of hydrogen-bond acceptors (Lipinski definition) is 5. The van der Waals surface area contributed by atoms with E-state index in [4.69, 9.17) is 21.6 Å². The summed E-state index contributed by atoms with van der Waals surface area (Å²) >= 11 is 6.97. The van der Waals surface area contributed by atoms with Gasteiger partial charge in [-0.2, -0.15) is 4.68 Å². The van der Waals surface area contributed by atoms with Crippen molar-refractivity contribution in [2.75, 3.05) is 7.05 Å². The van der Waals surface area contributed by atoms with E-state index in [0.29, 0.717) is 12.2 Å². The summed E-state index contributed by atoms with van der Waals surface area (Å²) in [4.78, 5) is 6.11. The number of nitrogens with zero attached hydrogens (tertiary/aromatic N) is 3. The molecule has 0 amide bonds. The average molecular weight is 402 g/mol. The van der Waals surface area contributed by atoms with Gasteiger partial charge in [-0.25, -0.2) is 9.37 Å². The zero-order valence-electron chi connectivity index (χ0n) is 14.8. The van der Waals surface area contributed by atoms with Crippen LogP contribution in [0.3, 0.4) is 0 Å². The van der Waals surface area contributed by atoms with E-state index in [-0.39, 0.29) is 22.6 Å². The predicted octanol–water partition coefficient (Wildman–Crippen LogP) is 3.85. The number of nitrogens with one attached hydrogen (secondary N) is 1. The van der Waals surface area contributed by atoms with Crippen molar-refractivity contribution in [1.29, 1.82) is 0 Å². The quantitative estimate of drug-likeness (QED) is 0.516. The van der Waals surface area contributed by atoms with Crippen LogP contribution in [0.4, 0.5) is 4.39 Å². The van der Waals surface area contributed by atoms with Crippen molar-refractivity contribution in [3.63, 3.8) is 0 Å². The van der Waals surface area contributed by atoms with E-state index >= 15 is 0 Å². The van der Waals surface area contributed by atoms with Crippen molar-refractivity contribution in [3.8, 4) is 11.5 Å². The van der Waals surface area contributed by atoms with Gasteiger partial charge in [-0.05, 0) is 43.4 Å². The molecule has 0 aliphatic carbocycles. The molecule has 8 heteroatoms. The Morgan fingerprint density at radius 3 is 2.74 bits per heavy atom. The van der Waals surface area contributed by atoms with Gasteiger partial charge >= 0.3 is 0 Å². The Kier molecular flexibility index (Phi) is 4.86. The molecule has 2 aromatic carbocycles. The Labute approximate surface area is 164 Å². The molecule has 2 atom stereocenters. The zero-order chi connectivity index (χ0) is 19.0. The normalized spacial score (nSPS) is 13.7. The molecule has 1 N–H and O–H groups in total. The minimum atomic E-state index is -0.385. The van der Waals surface area contributed by atoms with E-state index in [1.165, 1.54) is 10.8 Å². The SMILES string of the molecule is C[C@@H](c1nc2ccccc2s1)[NH+](C)Cn1nc(-c2ccccc2F)oc1=S. The summed E-state index contributed by atoms with van der Waals surface area (Å²) in [7, 11) is 2.05. The molecule has 2 heterocycles. The van der Waals surface area contributed by atoms with Gasteiger partial charge in [0.2, 0.25) is 5.89 Å². The third-order valence-corrected chi connectivity index (χ3v) is 6.04. The van der Waals surface area contributed by atoms with Gasteiger partial charge in [0.15, 0.2) is 11.7 Å². The molecule has 4 rings (SSSR count). The van der Waals surface area contributed by atoms with Crippen molar-refractivity contribution in [3.05, 3.63) is 64.2 Å². The van der Waals surface area contributed by atoms with Crippen LogP contribution in [0.1, 0.15) is 18.0 Å². The maximum Gasteiger partial charge on any atom is 0.292 e. The third-order valence-electron chi connectivity index (χ3n) is 4.53. The third kappa shape index (κ3) is 3.55. The first-order valence-electron chi connectivity index (χ1n) is 8.53. The minimum Gasteiger partial charge on any atom is -0.409 e. The van der Waals surface area contributed by atoms with Crippen LogP contribution in [-0.2, 0) is 6.67 Å². The summed E-state index contributed by atoms with van der Waals surface area (Å²) in [5.41, 5.74) is 1.32. The Balaban J connectivity index is 1.56. The fraction of sp³-hybridized carbons (Fsp3) is 0.211. The molecule has 0 bridgehead atoms. The molecular formula is C19H18FN4OS2+. The van der Waals surface area contributed by atoms with Gasteiger partial charge < -0.3 is 9.32 Å². The molecule has 0 fully saturated rings. The summed E-state index contributed by atoms with van der Waals surface area (Å²) in [5, 5.41) is 5.42. The summed E-state index contributed by atoms with van der Waals surface area (Å²) in [6, 6.07) is 14.6. The number of halogens is 1. The van der Waals surface area contributed by atoms with E-state index in [1.54, 1.807) is 34.2 Å². The van der Waals surface area contributed by atoms with E-state index in [9.17, 15) is 4.39 Å². The van der Waals surface area contributed by atoms with Gasteiger partial charge in [-0.1, -0.05) is 24.3 Å². The summed E-state index contributed by atoms with van der Waals surface area (Å²) < 4.78 is 22.3. The lowest BCUT2D eigenvalue weighted by atomic mass is 10.2. The molecule has 0 saturated carbocycles. The zero-order valence-corrected chi connectivity index (χ0v) is 16.5. The monoisotopic (exact) mass is 401 g/mol. The Morgan fingerprint density at radius 2 is 1.96 bits per heavy atom. The van der Waals surface area contributed by atoms with E-state index in [0.717, 1.165) is 15.4 Å². The van der Waals surface area contributed by atoms with Gasteiger partial charge in [0.1, 0.15) is 11.9 Å². The molecule has 0 radical (unpaired) electrons. The molecule has 27 heavy (non-hydrogen) atoms. The standard InChI is InChI=1S/C19H17FN4OS2/c1-12(18-21-15-9-5-6-10-16(15)27-18)23(2)11-24-19(26)25-17(22-24)13-7-3-4-8-14(13)20/h3-10,12H,11H2,1-2H3/p+1/t12-/m0/s1. The summed E-state index contributed by atoms with van der Waals surface area (Å²) in [6.45, 7) is 2.61. The van der Waals surface area contributed by atoms with Gasteiger partial charge in [0.25, 0.3) is 4.84 Å². The van der Waals surface area contributed by atoms with Crippen LogP contribution < -0.4 is 4.90 Å². The lowest BCUT2D eigenvalue weighted by Crippen LogP contribution is -3.08. The Bertz CT molecular complexity index is 1120. The smallest absolute Gasteiger partial charge is 0.292 e. The fourth-order valence-corrected chi connectivity index (χ4v) is 4.11. The molecular weight excluding hydrogens is 383 g/mol. The second-order valence-electron chi connectivity index (χ2n) is 6.40. The number of thiazole rings is 1. The molecule has 0 spiro atoms. The first-order chi connectivity index (χ1) is 13.0. The van der Waals surface area contributed by atoms with Crippen molar-refractivity contribution < 1.29 is 13.7 Å². The molecule has 0 saturated heterocycles. The molecule has 0 aliphatic heterocycles. The van der Waals surface area contributed by atoms with Gasteiger partial charge in [-0.15, -0.1) is 16.4 Å². The number of hydrogen-bond donors (Lipinski definition) is 1. The fourth-order valence-electron chi connectivity index (χ4n) is 2.81. The maximum absolute atomic E-state index is 14.0. The second kappa shape index (κ2) is 7.30. The number of fused-ring (bicyclic) bond motifs is 1. The van der Waals surface area contributed by atoms with Crippen LogP contribution in [-0.4, -0.2) is 21.8 Å². The van der Waals surface area contributed by atoms with Gasteiger partial charge in [0, 0.05) is 0 Å². The Morgan fingerprint density at radius 1 is 1.22 bits per heavy atom. The molecule has 0 aliphatic rings. The van der Waals surface area contributed by atoms with E-state index in [2.05, 4.69) is 25.1 Å². The molecule has 1 unspecified atom stereocenters. The van der Waals surface area contributed by atoms with Gasteiger partial charge in [0.05, 0.1) is 22.8 Å². The number of rotatable bonds is 5. The lowest BCUT2D eigenvalue weighted by molar-refractivity contribution is -0.933. The van der Waals surface area contributed by atoms with Crippen LogP contribution in [0.25, 0.3) is 21.7 Å². The Hall–Kier alpha value is -2.42. The highest BCUT2D eigenvalue weighted by Gasteiger charge is 2.22. The van der Waals surface area contributed by atoms with Crippen LogP contribution in [0, 0.1) is 10.7 Å². The number of benzene rings is 2. The predicted molar refractivity (Wildman–Crippen MR) is 106 cm³/mol. The number of quaternary nitrogens is 1. The average Bonchev–Trinajstić information content (AvgIpc) is 3.25. The first-order valence-corrected chi connectivity index (χ1v) is 9.76. The van der Waals surface area contributed by atoms with Crippen LogP contribution >= 0.6 is 23.6 Å². The van der Waals surface area contributed by atoms with E-state index < -0.39 is 0 Å². The maximum atomic E-state index is 14.0. The van der Waals surface area contributed by atoms with Crippen molar-refractivity contribution >= 4 is 33.8 Å². The highest BCUT2D eigenvalue weighted by molar-refractivity contribution is 7.71. The van der Waals surface area contributed by atoms with Crippen LogP contribution in [0.2, 0.25) is 0 Å². The lowest BCUT2D eigenvalue weighted by Gasteiger charge is -2.19. The van der Waals surface area contributed by atoms with Crippen molar-refractivity contribution in [1.82, 2.24) is 14.8 Å². The summed E-state index contributed by atoms with van der Waals surface area (Å²) in [5.74, 6) is -0.192. The minimum absolute atomic E-state index is 0.151. The molecule has 5 nitrogen and oxygen atoms in total. The highest BCUT2D eigenvalue weighted by Crippen LogP contribution is 2.25. The largest absolute Gasteiger partial charge is 0.409 e. The van der Waals surface area contributed by atoms with Crippen LogP contribution in [0.5, 0.6) is 0 Å². The molecule has 4 aromatic rings. The summed E-state index contributed by atoms with van der Waals surface area (Å²) in [6.07, 6.45) is 0. The number of aromatic nitrogens is 3. The topological polar surface area (TPSA) is 48.3 Å². The highest BCUT2D eigenvalue weighted by atomic mass is 32.1. The van der Waals surface area contributed by atoms with Gasteiger partial charge in [-0.3, -0.25) is 0 Å². The first kappa shape index (κ1) is 18.0. The van der Waals surface area contributed by atoms with Crippen molar-refractivity contribution in [2.45, 2.75) is 19.6 Å². The molecule has 138 valence electrons. The number of para-hydroxylation sites is 1. The second-order valence-corrected chi connectivity index (χ2v) is 7.81. The molecule has 2 aromatic heterocycles. The van der Waals surface area contributed by atoms with E-state index in [1.807, 2.05) is 18.2 Å².